The molecular weight excluding hydrogens is 268 g/mol. The van der Waals surface area contributed by atoms with E-state index in [2.05, 4.69) is 6.07 Å². The average molecular weight is 288 g/mol. The fourth-order valence-corrected chi connectivity index (χ4v) is 3.49. The lowest BCUT2D eigenvalue weighted by Gasteiger charge is -2.27. The third kappa shape index (κ3) is 2.53. The summed E-state index contributed by atoms with van der Waals surface area (Å²) in [5.41, 5.74) is 2.16. The van der Waals surface area contributed by atoms with E-state index >= 15 is 0 Å². The van der Waals surface area contributed by atoms with Gasteiger partial charge in [-0.25, -0.2) is 0 Å². The Labute approximate surface area is 124 Å². The zero-order chi connectivity index (χ0) is 15.0. The number of likely N-dealkylation sites (tertiary alicyclic amines) is 1. The second-order valence-electron chi connectivity index (χ2n) is 5.91. The molecule has 1 aromatic rings. The smallest absolute Gasteiger partial charge is 0.320 e. The van der Waals surface area contributed by atoms with Crippen molar-refractivity contribution in [3.63, 3.8) is 0 Å². The number of carbonyl (C=O) groups is 2. The minimum absolute atomic E-state index is 0.000556. The molecule has 1 fully saturated rings. The van der Waals surface area contributed by atoms with E-state index in [0.29, 0.717) is 13.0 Å². The van der Waals surface area contributed by atoms with Crippen molar-refractivity contribution in [2.45, 2.75) is 38.3 Å². The Bertz CT molecular complexity index is 572. The molecule has 1 saturated heterocycles. The summed E-state index contributed by atoms with van der Waals surface area (Å²) in [6, 6.07) is 7.57. The number of carboxylic acids is 1. The second kappa shape index (κ2) is 5.48. The van der Waals surface area contributed by atoms with Crippen molar-refractivity contribution in [2.75, 3.05) is 18.0 Å². The molecule has 21 heavy (non-hydrogen) atoms. The van der Waals surface area contributed by atoms with Gasteiger partial charge in [-0.1, -0.05) is 18.2 Å². The summed E-state index contributed by atoms with van der Waals surface area (Å²) in [6.45, 7) is 2.92. The minimum Gasteiger partial charge on any atom is -0.480 e. The Kier molecular flexibility index (Phi) is 3.68. The summed E-state index contributed by atoms with van der Waals surface area (Å²) in [6.07, 6.45) is 2.34. The number of hydrogen-bond donors (Lipinski definition) is 1. The minimum atomic E-state index is -0.824. The Morgan fingerprint density at radius 3 is 2.86 bits per heavy atom. The number of aliphatic carboxylic acids is 1. The predicted octanol–water partition coefficient (Wildman–Crippen LogP) is 1.51. The van der Waals surface area contributed by atoms with E-state index in [4.69, 9.17) is 0 Å². The van der Waals surface area contributed by atoms with Crippen molar-refractivity contribution >= 4 is 17.6 Å². The van der Waals surface area contributed by atoms with Gasteiger partial charge < -0.3 is 10.0 Å². The molecule has 2 heterocycles. The van der Waals surface area contributed by atoms with Gasteiger partial charge in [0.2, 0.25) is 5.91 Å². The summed E-state index contributed by atoms with van der Waals surface area (Å²) in [4.78, 5) is 27.5. The molecule has 1 aromatic carbocycles. The van der Waals surface area contributed by atoms with E-state index in [1.807, 2.05) is 30.0 Å². The highest BCUT2D eigenvalue weighted by Crippen LogP contribution is 2.32. The number of nitrogens with zero attached hydrogens (tertiary/aromatic N) is 2. The van der Waals surface area contributed by atoms with Crippen LogP contribution in [-0.2, 0) is 16.0 Å². The average Bonchev–Trinajstić information content (AvgIpc) is 3.01. The highest BCUT2D eigenvalue weighted by atomic mass is 16.4. The molecule has 2 aliphatic heterocycles. The Morgan fingerprint density at radius 2 is 2.10 bits per heavy atom. The van der Waals surface area contributed by atoms with E-state index in [0.717, 1.165) is 18.5 Å². The quantitative estimate of drug-likeness (QED) is 0.916. The highest BCUT2D eigenvalue weighted by molar-refractivity contribution is 5.97. The monoisotopic (exact) mass is 288 g/mol. The van der Waals surface area contributed by atoms with E-state index in [1.165, 1.54) is 5.56 Å². The van der Waals surface area contributed by atoms with Crippen LogP contribution in [0.5, 0.6) is 0 Å². The molecule has 0 radical (unpaired) electrons. The first-order chi connectivity index (χ1) is 10.1. The number of amides is 1. The third-order valence-corrected chi connectivity index (χ3v) is 4.46. The summed E-state index contributed by atoms with van der Waals surface area (Å²) in [7, 11) is 0. The first-order valence-corrected chi connectivity index (χ1v) is 7.44. The van der Waals surface area contributed by atoms with E-state index < -0.39 is 12.0 Å². The van der Waals surface area contributed by atoms with Gasteiger partial charge in [0.15, 0.2) is 0 Å². The molecule has 1 amide bonds. The number of para-hydroxylation sites is 1. The maximum absolute atomic E-state index is 12.6. The number of hydrogen-bond acceptors (Lipinski definition) is 3. The van der Waals surface area contributed by atoms with E-state index in [1.54, 1.807) is 4.90 Å². The molecule has 2 aliphatic rings. The van der Waals surface area contributed by atoms with Crippen LogP contribution in [0.25, 0.3) is 0 Å². The van der Waals surface area contributed by atoms with Crippen molar-refractivity contribution in [1.82, 2.24) is 4.90 Å². The summed E-state index contributed by atoms with van der Waals surface area (Å²) in [5.74, 6) is -0.823. The zero-order valence-electron chi connectivity index (χ0n) is 12.2. The van der Waals surface area contributed by atoms with Gasteiger partial charge in [-0.3, -0.25) is 14.5 Å². The molecule has 3 rings (SSSR count). The molecule has 112 valence electrons. The maximum Gasteiger partial charge on any atom is 0.320 e. The standard InChI is InChI=1S/C16H20N2O3/c1-11-9-12-5-2-3-6-13(12)18(11)15(19)10-17-8-4-7-14(17)16(20)21/h2-3,5-6,11,14H,4,7-10H2,1H3,(H,20,21). The van der Waals surface area contributed by atoms with Crippen LogP contribution < -0.4 is 4.90 Å². The Balaban J connectivity index is 1.75. The van der Waals surface area contributed by atoms with Gasteiger partial charge in [0, 0.05) is 11.7 Å². The molecule has 0 saturated carbocycles. The Morgan fingerprint density at radius 1 is 1.33 bits per heavy atom. The van der Waals surface area contributed by atoms with Gasteiger partial charge in [-0.15, -0.1) is 0 Å². The van der Waals surface area contributed by atoms with E-state index in [-0.39, 0.29) is 18.5 Å². The first kappa shape index (κ1) is 14.1. The number of carbonyl (C=O) groups excluding carboxylic acids is 1. The van der Waals surface area contributed by atoms with Crippen LogP contribution in [0.3, 0.4) is 0 Å². The number of rotatable bonds is 3. The lowest BCUT2D eigenvalue weighted by molar-refractivity contribution is -0.142. The predicted molar refractivity (Wildman–Crippen MR) is 79.3 cm³/mol. The van der Waals surface area contributed by atoms with Gasteiger partial charge in [0.05, 0.1) is 6.54 Å². The number of anilines is 1. The van der Waals surface area contributed by atoms with Crippen LogP contribution in [-0.4, -0.2) is 47.1 Å². The van der Waals surface area contributed by atoms with Crippen molar-refractivity contribution in [3.05, 3.63) is 29.8 Å². The van der Waals surface area contributed by atoms with Crippen molar-refractivity contribution in [2.24, 2.45) is 0 Å². The largest absolute Gasteiger partial charge is 0.480 e. The Hall–Kier alpha value is -1.88. The molecule has 0 aliphatic carbocycles. The van der Waals surface area contributed by atoms with Gasteiger partial charge in [0.25, 0.3) is 0 Å². The van der Waals surface area contributed by atoms with Crippen molar-refractivity contribution in [3.8, 4) is 0 Å². The second-order valence-corrected chi connectivity index (χ2v) is 5.91. The molecule has 0 spiro atoms. The zero-order valence-corrected chi connectivity index (χ0v) is 12.2. The van der Waals surface area contributed by atoms with Crippen LogP contribution >= 0.6 is 0 Å². The molecule has 1 N–H and O–H groups in total. The molecule has 5 heteroatoms. The highest BCUT2D eigenvalue weighted by Gasteiger charge is 2.36. The van der Waals surface area contributed by atoms with Crippen LogP contribution in [0.15, 0.2) is 24.3 Å². The van der Waals surface area contributed by atoms with Crippen LogP contribution in [0.1, 0.15) is 25.3 Å². The summed E-state index contributed by atoms with van der Waals surface area (Å²) < 4.78 is 0. The molecule has 2 atom stereocenters. The summed E-state index contributed by atoms with van der Waals surface area (Å²) in [5, 5.41) is 9.21. The number of carboxylic acid groups (broad SMARTS) is 1. The van der Waals surface area contributed by atoms with Crippen molar-refractivity contribution in [1.29, 1.82) is 0 Å². The van der Waals surface area contributed by atoms with E-state index in [9.17, 15) is 14.7 Å². The first-order valence-electron chi connectivity index (χ1n) is 7.44. The molecule has 5 nitrogen and oxygen atoms in total. The third-order valence-electron chi connectivity index (χ3n) is 4.46. The SMILES string of the molecule is CC1Cc2ccccc2N1C(=O)CN1CCCC1C(=O)O. The lowest BCUT2D eigenvalue weighted by Crippen LogP contribution is -2.46. The molecule has 2 unspecified atom stereocenters. The van der Waals surface area contributed by atoms with Crippen LogP contribution in [0, 0.1) is 0 Å². The molecule has 0 aromatic heterocycles. The van der Waals surface area contributed by atoms with Gasteiger partial charge in [0.1, 0.15) is 6.04 Å². The topological polar surface area (TPSA) is 60.9 Å². The number of benzene rings is 1. The van der Waals surface area contributed by atoms with Gasteiger partial charge in [-0.2, -0.15) is 0 Å². The molecule has 0 bridgehead atoms. The summed E-state index contributed by atoms with van der Waals surface area (Å²) >= 11 is 0. The fraction of sp³-hybridized carbons (Fsp3) is 0.500. The van der Waals surface area contributed by atoms with Gasteiger partial charge >= 0.3 is 5.97 Å². The fourth-order valence-electron chi connectivity index (χ4n) is 3.49. The van der Waals surface area contributed by atoms with Gasteiger partial charge in [-0.05, 0) is 44.4 Å². The lowest BCUT2D eigenvalue weighted by atomic mass is 10.1. The normalized spacial score (nSPS) is 25.1. The van der Waals surface area contributed by atoms with Crippen molar-refractivity contribution < 1.29 is 14.7 Å². The number of fused-ring (bicyclic) bond motifs is 1. The molecular formula is C16H20N2O3. The van der Waals surface area contributed by atoms with Crippen LogP contribution in [0.4, 0.5) is 5.69 Å². The van der Waals surface area contributed by atoms with Crippen LogP contribution in [0.2, 0.25) is 0 Å². The maximum atomic E-state index is 12.6.